The van der Waals surface area contributed by atoms with E-state index >= 15 is 0 Å². The number of rotatable bonds is 4. The van der Waals surface area contributed by atoms with E-state index in [4.69, 9.17) is 27.9 Å². The van der Waals surface area contributed by atoms with Gasteiger partial charge in [-0.3, -0.25) is 4.79 Å². The van der Waals surface area contributed by atoms with Crippen LogP contribution in [0.2, 0.25) is 10.0 Å². The second-order valence-corrected chi connectivity index (χ2v) is 5.03. The highest BCUT2D eigenvalue weighted by Gasteiger charge is 2.12. The lowest BCUT2D eigenvalue weighted by atomic mass is 10.1. The fourth-order valence-electron chi connectivity index (χ4n) is 1.78. The molecule has 3 nitrogen and oxygen atoms in total. The Hall–Kier alpha value is -1.71. The van der Waals surface area contributed by atoms with Crippen LogP contribution in [0.15, 0.2) is 42.5 Å². The van der Waals surface area contributed by atoms with Gasteiger partial charge in [0.05, 0.1) is 12.7 Å². The van der Waals surface area contributed by atoms with E-state index < -0.39 is 0 Å². The smallest absolute Gasteiger partial charge is 0.255 e. The number of hydrogen-bond acceptors (Lipinski definition) is 2. The van der Waals surface area contributed by atoms with Gasteiger partial charge in [0.2, 0.25) is 0 Å². The molecule has 0 unspecified atom stereocenters. The largest absolute Gasteiger partial charge is 0.496 e. The maximum absolute atomic E-state index is 12.2. The molecule has 1 N–H and O–H groups in total. The molecule has 0 bridgehead atoms. The first-order valence-corrected chi connectivity index (χ1v) is 6.72. The summed E-state index contributed by atoms with van der Waals surface area (Å²) in [5, 5.41) is 3.93. The van der Waals surface area contributed by atoms with Crippen LogP contribution < -0.4 is 10.1 Å². The molecule has 0 atom stereocenters. The number of ether oxygens (including phenoxy) is 1. The van der Waals surface area contributed by atoms with Gasteiger partial charge in [0.25, 0.3) is 5.91 Å². The quantitative estimate of drug-likeness (QED) is 0.929. The minimum Gasteiger partial charge on any atom is -0.496 e. The molecule has 2 aromatic carbocycles. The lowest BCUT2D eigenvalue weighted by molar-refractivity contribution is 0.0948. The standard InChI is InChI=1S/C15H13Cl2NO2/c1-20-14-6-5-12(17)8-13(14)15(19)18-9-10-3-2-4-11(16)7-10/h2-8H,9H2,1H3,(H,18,19). The summed E-state index contributed by atoms with van der Waals surface area (Å²) >= 11 is 11.8. The molecule has 104 valence electrons. The van der Waals surface area contributed by atoms with Crippen LogP contribution in [-0.4, -0.2) is 13.0 Å². The monoisotopic (exact) mass is 309 g/mol. The molecule has 5 heteroatoms. The van der Waals surface area contributed by atoms with Gasteiger partial charge in [-0.1, -0.05) is 35.3 Å². The van der Waals surface area contributed by atoms with Gasteiger partial charge in [0.1, 0.15) is 5.75 Å². The summed E-state index contributed by atoms with van der Waals surface area (Å²) in [6.07, 6.45) is 0. The van der Waals surface area contributed by atoms with E-state index in [1.165, 1.54) is 7.11 Å². The highest BCUT2D eigenvalue weighted by Crippen LogP contribution is 2.22. The van der Waals surface area contributed by atoms with E-state index in [1.54, 1.807) is 30.3 Å². The normalized spacial score (nSPS) is 10.2. The van der Waals surface area contributed by atoms with Crippen LogP contribution in [-0.2, 0) is 6.54 Å². The van der Waals surface area contributed by atoms with Crippen molar-refractivity contribution in [2.24, 2.45) is 0 Å². The van der Waals surface area contributed by atoms with Crippen LogP contribution in [0.1, 0.15) is 15.9 Å². The van der Waals surface area contributed by atoms with Crippen LogP contribution >= 0.6 is 23.2 Å². The SMILES string of the molecule is COc1ccc(Cl)cc1C(=O)NCc1cccc(Cl)c1. The molecular formula is C15H13Cl2NO2. The Labute approximate surface area is 127 Å². The maximum Gasteiger partial charge on any atom is 0.255 e. The van der Waals surface area contributed by atoms with Gasteiger partial charge in [-0.2, -0.15) is 0 Å². The highest BCUT2D eigenvalue weighted by atomic mass is 35.5. The summed E-state index contributed by atoms with van der Waals surface area (Å²) in [4.78, 5) is 12.2. The number of carbonyl (C=O) groups is 1. The van der Waals surface area contributed by atoms with Crippen LogP contribution in [0.25, 0.3) is 0 Å². The Morgan fingerprint density at radius 2 is 1.90 bits per heavy atom. The van der Waals surface area contributed by atoms with E-state index in [0.717, 1.165) is 5.56 Å². The zero-order chi connectivity index (χ0) is 14.5. The Morgan fingerprint density at radius 1 is 1.15 bits per heavy atom. The summed E-state index contributed by atoms with van der Waals surface area (Å²) < 4.78 is 5.15. The van der Waals surface area contributed by atoms with Gasteiger partial charge in [0, 0.05) is 16.6 Å². The summed E-state index contributed by atoms with van der Waals surface area (Å²) in [6.45, 7) is 0.384. The number of hydrogen-bond donors (Lipinski definition) is 1. The van der Waals surface area contributed by atoms with Crippen LogP contribution in [0, 0.1) is 0 Å². The molecule has 0 radical (unpaired) electrons. The molecule has 0 aliphatic heterocycles. The fourth-order valence-corrected chi connectivity index (χ4v) is 2.17. The van der Waals surface area contributed by atoms with E-state index in [1.807, 2.05) is 12.1 Å². The second kappa shape index (κ2) is 6.64. The number of nitrogens with one attached hydrogen (secondary N) is 1. The zero-order valence-corrected chi connectivity index (χ0v) is 12.3. The Kier molecular flexibility index (Phi) is 4.88. The number of carbonyl (C=O) groups excluding carboxylic acids is 1. The number of halogens is 2. The molecular weight excluding hydrogens is 297 g/mol. The van der Waals surface area contributed by atoms with E-state index in [2.05, 4.69) is 5.32 Å². The second-order valence-electron chi connectivity index (χ2n) is 4.16. The zero-order valence-electron chi connectivity index (χ0n) is 10.8. The minimum atomic E-state index is -0.246. The fraction of sp³-hybridized carbons (Fsp3) is 0.133. The Bertz CT molecular complexity index is 629. The first-order chi connectivity index (χ1) is 9.60. The molecule has 2 aromatic rings. The summed E-state index contributed by atoms with van der Waals surface area (Å²) in [5.41, 5.74) is 1.33. The Balaban J connectivity index is 2.10. The highest BCUT2D eigenvalue weighted by molar-refractivity contribution is 6.31. The molecule has 2 rings (SSSR count). The summed E-state index contributed by atoms with van der Waals surface area (Å²) in [7, 11) is 1.51. The van der Waals surface area contributed by atoms with Gasteiger partial charge in [0.15, 0.2) is 0 Å². The first-order valence-electron chi connectivity index (χ1n) is 5.96. The molecule has 0 aromatic heterocycles. The lowest BCUT2D eigenvalue weighted by Crippen LogP contribution is -2.23. The molecule has 0 spiro atoms. The van der Waals surface area contributed by atoms with Gasteiger partial charge >= 0.3 is 0 Å². The third kappa shape index (κ3) is 3.65. The first kappa shape index (κ1) is 14.7. The average Bonchev–Trinajstić information content (AvgIpc) is 2.45. The van der Waals surface area contributed by atoms with Crippen molar-refractivity contribution in [2.45, 2.75) is 6.54 Å². The van der Waals surface area contributed by atoms with Crippen LogP contribution in [0.4, 0.5) is 0 Å². The van der Waals surface area contributed by atoms with Crippen LogP contribution in [0.5, 0.6) is 5.75 Å². The Morgan fingerprint density at radius 3 is 2.60 bits per heavy atom. The third-order valence-electron chi connectivity index (χ3n) is 2.75. The molecule has 0 saturated carbocycles. The number of methoxy groups -OCH3 is 1. The number of benzene rings is 2. The molecule has 20 heavy (non-hydrogen) atoms. The predicted octanol–water partition coefficient (Wildman–Crippen LogP) is 3.93. The lowest BCUT2D eigenvalue weighted by Gasteiger charge is -2.10. The summed E-state index contributed by atoms with van der Waals surface area (Å²) in [6, 6.07) is 12.2. The molecule has 0 saturated heterocycles. The molecule has 0 aliphatic rings. The van der Waals surface area contributed by atoms with Crippen molar-refractivity contribution in [1.82, 2.24) is 5.32 Å². The van der Waals surface area contributed by atoms with Gasteiger partial charge in [-0.05, 0) is 35.9 Å². The molecule has 0 heterocycles. The summed E-state index contributed by atoms with van der Waals surface area (Å²) in [5.74, 6) is 0.238. The van der Waals surface area contributed by atoms with E-state index in [0.29, 0.717) is 27.9 Å². The van der Waals surface area contributed by atoms with Gasteiger partial charge in [-0.15, -0.1) is 0 Å². The predicted molar refractivity (Wildman–Crippen MR) is 80.6 cm³/mol. The number of amides is 1. The van der Waals surface area contributed by atoms with Crippen molar-refractivity contribution in [1.29, 1.82) is 0 Å². The van der Waals surface area contributed by atoms with Crippen molar-refractivity contribution in [3.63, 3.8) is 0 Å². The topological polar surface area (TPSA) is 38.3 Å². The van der Waals surface area contributed by atoms with E-state index in [-0.39, 0.29) is 5.91 Å². The van der Waals surface area contributed by atoms with Crippen molar-refractivity contribution >= 4 is 29.1 Å². The van der Waals surface area contributed by atoms with Gasteiger partial charge < -0.3 is 10.1 Å². The average molecular weight is 310 g/mol. The molecule has 0 aliphatic carbocycles. The third-order valence-corrected chi connectivity index (χ3v) is 3.22. The maximum atomic E-state index is 12.2. The minimum absolute atomic E-state index is 0.246. The van der Waals surface area contributed by atoms with E-state index in [9.17, 15) is 4.79 Å². The van der Waals surface area contributed by atoms with Crippen molar-refractivity contribution in [3.05, 3.63) is 63.6 Å². The van der Waals surface area contributed by atoms with Gasteiger partial charge in [-0.25, -0.2) is 0 Å². The van der Waals surface area contributed by atoms with Crippen molar-refractivity contribution in [2.75, 3.05) is 7.11 Å². The van der Waals surface area contributed by atoms with Crippen molar-refractivity contribution < 1.29 is 9.53 Å². The van der Waals surface area contributed by atoms with Crippen molar-refractivity contribution in [3.8, 4) is 5.75 Å². The molecule has 0 fully saturated rings. The van der Waals surface area contributed by atoms with Crippen LogP contribution in [0.3, 0.4) is 0 Å². The molecule has 1 amide bonds.